The summed E-state index contributed by atoms with van der Waals surface area (Å²) in [4.78, 5) is 13.1. The largest absolute Gasteiger partial charge is 0.416 e. The fourth-order valence-electron chi connectivity index (χ4n) is 4.26. The van der Waals surface area contributed by atoms with Gasteiger partial charge >= 0.3 is 6.18 Å². The van der Waals surface area contributed by atoms with Crippen LogP contribution in [0.2, 0.25) is 0 Å². The van der Waals surface area contributed by atoms with Crippen LogP contribution in [0.4, 0.5) is 17.6 Å². The Balaban J connectivity index is 1.84. The maximum absolute atomic E-state index is 14.7. The molecule has 8 heteroatoms. The number of rotatable bonds is 4. The number of hydrogen-bond acceptors (Lipinski definition) is 2. The molecule has 0 fully saturated rings. The number of carbonyl (C=O) groups is 1. The first-order chi connectivity index (χ1) is 15.8. The van der Waals surface area contributed by atoms with Crippen molar-refractivity contribution in [1.29, 1.82) is 0 Å². The quantitative estimate of drug-likeness (QED) is 0.289. The van der Waals surface area contributed by atoms with E-state index in [0.717, 1.165) is 28.6 Å². The SMILES string of the molecule is NC(=O)c1cccc2c1c1ccc(-c3cccs3)cc1n2Cc1c(F)cccc1C(F)(F)F. The summed E-state index contributed by atoms with van der Waals surface area (Å²) < 4.78 is 57.3. The van der Waals surface area contributed by atoms with Gasteiger partial charge in [0.1, 0.15) is 5.82 Å². The van der Waals surface area contributed by atoms with Crippen molar-refractivity contribution >= 4 is 39.0 Å². The number of nitrogens with zero attached hydrogens (tertiary/aromatic N) is 1. The number of carbonyl (C=O) groups excluding carboxylic acids is 1. The van der Waals surface area contributed by atoms with Gasteiger partial charge < -0.3 is 10.3 Å². The summed E-state index contributed by atoms with van der Waals surface area (Å²) >= 11 is 1.53. The summed E-state index contributed by atoms with van der Waals surface area (Å²) in [5.74, 6) is -1.59. The predicted molar refractivity (Wildman–Crippen MR) is 122 cm³/mol. The van der Waals surface area contributed by atoms with Gasteiger partial charge in [-0.1, -0.05) is 30.3 Å². The van der Waals surface area contributed by atoms with Crippen molar-refractivity contribution in [1.82, 2.24) is 4.57 Å². The molecule has 0 aliphatic rings. The van der Waals surface area contributed by atoms with E-state index in [-0.39, 0.29) is 12.1 Å². The molecule has 33 heavy (non-hydrogen) atoms. The average Bonchev–Trinajstić information content (AvgIpc) is 3.41. The fraction of sp³-hybridized carbons (Fsp3) is 0.0800. The Morgan fingerprint density at radius 2 is 1.76 bits per heavy atom. The van der Waals surface area contributed by atoms with Crippen LogP contribution >= 0.6 is 11.3 Å². The maximum atomic E-state index is 14.7. The third-order valence-electron chi connectivity index (χ3n) is 5.70. The molecule has 0 aliphatic heterocycles. The number of fused-ring (bicyclic) bond motifs is 3. The number of aromatic nitrogens is 1. The van der Waals surface area contributed by atoms with Gasteiger partial charge in [0.25, 0.3) is 0 Å². The predicted octanol–water partition coefficient (Wildman–Crippen LogP) is 6.83. The molecule has 3 aromatic carbocycles. The molecule has 0 aliphatic carbocycles. The molecule has 166 valence electrons. The first kappa shape index (κ1) is 21.2. The zero-order valence-electron chi connectivity index (χ0n) is 17.0. The van der Waals surface area contributed by atoms with Crippen LogP contribution in [0.25, 0.3) is 32.2 Å². The molecule has 0 spiro atoms. The Bertz CT molecular complexity index is 1520. The lowest BCUT2D eigenvalue weighted by Crippen LogP contribution is -2.14. The highest BCUT2D eigenvalue weighted by atomic mass is 32.1. The lowest BCUT2D eigenvalue weighted by molar-refractivity contribution is -0.138. The summed E-state index contributed by atoms with van der Waals surface area (Å²) in [5, 5.41) is 3.11. The van der Waals surface area contributed by atoms with Gasteiger partial charge in [-0.2, -0.15) is 13.2 Å². The molecule has 0 atom stereocenters. The molecular formula is C25H16F4N2OS. The number of primary amides is 1. The van der Waals surface area contributed by atoms with Crippen molar-refractivity contribution in [3.8, 4) is 10.4 Å². The lowest BCUT2D eigenvalue weighted by atomic mass is 10.0. The standard InChI is InChI=1S/C25H16F4N2OS/c26-19-6-2-5-18(25(27,28)29)17(19)13-31-20-7-1-4-16(24(30)32)23(20)15-10-9-14(12-21(15)31)22-8-3-11-33-22/h1-12H,13H2,(H2,30,32). The normalized spacial score (nSPS) is 12.0. The highest BCUT2D eigenvalue weighted by molar-refractivity contribution is 7.13. The second-order valence-corrected chi connectivity index (χ2v) is 8.57. The van der Waals surface area contributed by atoms with Gasteiger partial charge in [0, 0.05) is 26.8 Å². The topological polar surface area (TPSA) is 48.0 Å². The smallest absolute Gasteiger partial charge is 0.366 e. The van der Waals surface area contributed by atoms with E-state index < -0.39 is 29.0 Å². The van der Waals surface area contributed by atoms with E-state index in [1.54, 1.807) is 22.8 Å². The fourth-order valence-corrected chi connectivity index (χ4v) is 4.98. The number of benzene rings is 3. The Morgan fingerprint density at radius 3 is 2.45 bits per heavy atom. The number of halogens is 4. The van der Waals surface area contributed by atoms with Crippen LogP contribution in [0.3, 0.4) is 0 Å². The molecule has 0 saturated heterocycles. The van der Waals surface area contributed by atoms with Crippen LogP contribution < -0.4 is 5.73 Å². The van der Waals surface area contributed by atoms with Crippen molar-refractivity contribution < 1.29 is 22.4 Å². The molecule has 2 heterocycles. The number of thiophene rings is 1. The van der Waals surface area contributed by atoms with E-state index in [4.69, 9.17) is 5.73 Å². The zero-order chi connectivity index (χ0) is 23.3. The van der Waals surface area contributed by atoms with Crippen molar-refractivity contribution in [2.45, 2.75) is 12.7 Å². The van der Waals surface area contributed by atoms with Crippen LogP contribution in [0, 0.1) is 5.82 Å². The Kier molecular flexibility index (Phi) is 4.97. The molecule has 2 aromatic heterocycles. The van der Waals surface area contributed by atoms with Crippen LogP contribution in [0.5, 0.6) is 0 Å². The minimum absolute atomic E-state index is 0.254. The Hall–Kier alpha value is -3.65. The third kappa shape index (κ3) is 3.56. The molecule has 0 radical (unpaired) electrons. The molecule has 1 amide bonds. The van der Waals surface area contributed by atoms with Crippen molar-refractivity contribution in [2.75, 3.05) is 0 Å². The van der Waals surface area contributed by atoms with Gasteiger partial charge in [-0.15, -0.1) is 11.3 Å². The summed E-state index contributed by atoms with van der Waals surface area (Å²) in [7, 11) is 0. The van der Waals surface area contributed by atoms with E-state index in [9.17, 15) is 22.4 Å². The molecule has 5 aromatic rings. The van der Waals surface area contributed by atoms with Gasteiger partial charge in [-0.05, 0) is 47.3 Å². The van der Waals surface area contributed by atoms with Crippen molar-refractivity contribution in [3.63, 3.8) is 0 Å². The van der Waals surface area contributed by atoms with Crippen molar-refractivity contribution in [2.24, 2.45) is 5.73 Å². The van der Waals surface area contributed by atoms with E-state index in [1.165, 1.54) is 11.3 Å². The minimum Gasteiger partial charge on any atom is -0.366 e. The third-order valence-corrected chi connectivity index (χ3v) is 6.62. The minimum atomic E-state index is -4.71. The molecule has 0 bridgehead atoms. The lowest BCUT2D eigenvalue weighted by Gasteiger charge is -2.16. The van der Waals surface area contributed by atoms with E-state index in [1.807, 2.05) is 35.7 Å². The maximum Gasteiger partial charge on any atom is 0.416 e. The Morgan fingerprint density at radius 1 is 0.970 bits per heavy atom. The summed E-state index contributed by atoms with van der Waals surface area (Å²) in [6, 6.07) is 17.2. The average molecular weight is 468 g/mol. The van der Waals surface area contributed by atoms with Gasteiger partial charge in [0.2, 0.25) is 5.91 Å². The van der Waals surface area contributed by atoms with Gasteiger partial charge in [-0.25, -0.2) is 4.39 Å². The highest BCUT2D eigenvalue weighted by Gasteiger charge is 2.34. The zero-order valence-corrected chi connectivity index (χ0v) is 17.8. The van der Waals surface area contributed by atoms with Gasteiger partial charge in [0.15, 0.2) is 0 Å². The Labute approximate surface area is 189 Å². The second-order valence-electron chi connectivity index (χ2n) is 7.62. The number of amides is 1. The highest BCUT2D eigenvalue weighted by Crippen LogP contribution is 2.38. The molecule has 3 nitrogen and oxygen atoms in total. The summed E-state index contributed by atoms with van der Waals surface area (Å²) in [6.07, 6.45) is -4.71. The van der Waals surface area contributed by atoms with E-state index in [2.05, 4.69) is 0 Å². The summed E-state index contributed by atoms with van der Waals surface area (Å²) in [5.41, 5.74) is 6.30. The molecule has 2 N–H and O–H groups in total. The monoisotopic (exact) mass is 468 g/mol. The first-order valence-electron chi connectivity index (χ1n) is 9.99. The van der Waals surface area contributed by atoms with Crippen LogP contribution in [-0.4, -0.2) is 10.5 Å². The van der Waals surface area contributed by atoms with Crippen LogP contribution in [0.1, 0.15) is 21.5 Å². The number of nitrogens with two attached hydrogens (primary N) is 1. The number of alkyl halides is 3. The summed E-state index contributed by atoms with van der Waals surface area (Å²) in [6.45, 7) is -0.363. The first-order valence-corrected chi connectivity index (χ1v) is 10.9. The number of hydrogen-bond donors (Lipinski definition) is 1. The van der Waals surface area contributed by atoms with Crippen LogP contribution in [0.15, 0.2) is 72.1 Å². The molecular weight excluding hydrogens is 452 g/mol. The van der Waals surface area contributed by atoms with Crippen molar-refractivity contribution in [3.05, 3.63) is 94.6 Å². The molecule has 5 rings (SSSR count). The second kappa shape index (κ2) is 7.74. The molecule has 0 unspecified atom stereocenters. The van der Waals surface area contributed by atoms with Crippen LogP contribution in [-0.2, 0) is 12.7 Å². The molecule has 0 saturated carbocycles. The van der Waals surface area contributed by atoms with Gasteiger partial charge in [-0.3, -0.25) is 4.79 Å². The van der Waals surface area contributed by atoms with E-state index in [0.29, 0.717) is 21.8 Å². The van der Waals surface area contributed by atoms with Gasteiger partial charge in [0.05, 0.1) is 23.1 Å². The van der Waals surface area contributed by atoms with E-state index >= 15 is 0 Å².